The van der Waals surface area contributed by atoms with E-state index in [0.717, 1.165) is 29.0 Å². The van der Waals surface area contributed by atoms with Crippen LogP contribution in [0.5, 0.6) is 5.75 Å². The van der Waals surface area contributed by atoms with E-state index in [1.165, 1.54) is 12.1 Å². The van der Waals surface area contributed by atoms with Crippen LogP contribution in [-0.4, -0.2) is 34.0 Å². The molecular weight excluding hydrogens is 364 g/mol. The Hall–Kier alpha value is -2.38. The molecule has 1 aliphatic heterocycles. The molecule has 0 bridgehead atoms. The summed E-state index contributed by atoms with van der Waals surface area (Å²) >= 11 is 0. The molecule has 1 heterocycles. The number of rotatable bonds is 7. The molecule has 2 aromatic carbocycles. The van der Waals surface area contributed by atoms with Crippen molar-refractivity contribution < 1.29 is 17.9 Å². The highest BCUT2D eigenvalue weighted by molar-refractivity contribution is 7.89. The minimum Gasteiger partial charge on any atom is -0.492 e. The maximum Gasteiger partial charge on any atom is 0.240 e. The van der Waals surface area contributed by atoms with Gasteiger partial charge in [0, 0.05) is 25.2 Å². The van der Waals surface area contributed by atoms with Gasteiger partial charge in [-0.25, -0.2) is 13.1 Å². The fraction of sp³-hybridized carbons (Fsp3) is 0.350. The van der Waals surface area contributed by atoms with Gasteiger partial charge in [-0.3, -0.25) is 4.79 Å². The number of ether oxygens (including phenoxy) is 1. The number of nitrogens with one attached hydrogen (secondary N) is 1. The van der Waals surface area contributed by atoms with Crippen LogP contribution in [0.4, 0.5) is 5.69 Å². The highest BCUT2D eigenvalue weighted by atomic mass is 32.2. The largest absolute Gasteiger partial charge is 0.492 e. The van der Waals surface area contributed by atoms with Gasteiger partial charge in [-0.2, -0.15) is 0 Å². The van der Waals surface area contributed by atoms with Gasteiger partial charge in [-0.05, 0) is 61.7 Å². The Bertz CT molecular complexity index is 923. The molecule has 27 heavy (non-hydrogen) atoms. The van der Waals surface area contributed by atoms with E-state index in [0.29, 0.717) is 13.0 Å². The molecule has 3 rings (SSSR count). The van der Waals surface area contributed by atoms with Crippen molar-refractivity contribution >= 4 is 21.6 Å². The van der Waals surface area contributed by atoms with Crippen LogP contribution in [0.25, 0.3) is 0 Å². The monoisotopic (exact) mass is 388 g/mol. The number of sulfonamides is 1. The average molecular weight is 388 g/mol. The standard InChI is InChI=1S/C20H24N2O4S/c1-15-5-3-6-19(16(15)2)26-14-12-21-27(24,25)18-10-8-17(9-11-18)22-13-4-7-20(22)23/h3,5-6,8-11,21H,4,7,12-14H2,1-2H3. The molecule has 1 aliphatic rings. The van der Waals surface area contributed by atoms with Gasteiger partial charge in [0.25, 0.3) is 0 Å². The van der Waals surface area contributed by atoms with E-state index < -0.39 is 10.0 Å². The lowest BCUT2D eigenvalue weighted by molar-refractivity contribution is -0.117. The van der Waals surface area contributed by atoms with E-state index in [4.69, 9.17) is 4.74 Å². The maximum atomic E-state index is 12.4. The first-order valence-corrected chi connectivity index (χ1v) is 10.5. The van der Waals surface area contributed by atoms with Crippen molar-refractivity contribution in [1.29, 1.82) is 0 Å². The molecule has 0 radical (unpaired) electrons. The van der Waals surface area contributed by atoms with Gasteiger partial charge >= 0.3 is 0 Å². The lowest BCUT2D eigenvalue weighted by atomic mass is 10.1. The SMILES string of the molecule is Cc1cccc(OCCNS(=O)(=O)c2ccc(N3CCCC3=O)cc2)c1C. The number of carbonyl (C=O) groups excluding carboxylic acids is 1. The van der Waals surface area contributed by atoms with Crippen molar-refractivity contribution in [2.75, 3.05) is 24.6 Å². The van der Waals surface area contributed by atoms with Crippen LogP contribution in [0.15, 0.2) is 47.4 Å². The third-order valence-corrected chi connectivity index (χ3v) is 6.22. The minimum absolute atomic E-state index is 0.0762. The van der Waals surface area contributed by atoms with E-state index in [1.54, 1.807) is 17.0 Å². The smallest absolute Gasteiger partial charge is 0.240 e. The molecule has 6 nitrogen and oxygen atoms in total. The number of amides is 1. The molecule has 7 heteroatoms. The Kier molecular flexibility index (Phi) is 5.82. The maximum absolute atomic E-state index is 12.4. The van der Waals surface area contributed by atoms with Crippen LogP contribution in [0, 0.1) is 13.8 Å². The summed E-state index contributed by atoms with van der Waals surface area (Å²) in [6.07, 6.45) is 1.38. The van der Waals surface area contributed by atoms with Gasteiger partial charge in [0.2, 0.25) is 15.9 Å². The first-order valence-electron chi connectivity index (χ1n) is 8.97. The number of hydrogen-bond acceptors (Lipinski definition) is 4. The first kappa shape index (κ1) is 19.4. The van der Waals surface area contributed by atoms with E-state index in [-0.39, 0.29) is 24.0 Å². The lowest BCUT2D eigenvalue weighted by Crippen LogP contribution is -2.28. The third kappa shape index (κ3) is 4.48. The number of carbonyl (C=O) groups is 1. The van der Waals surface area contributed by atoms with Crippen molar-refractivity contribution in [3.8, 4) is 5.75 Å². The molecule has 1 saturated heterocycles. The molecule has 1 N–H and O–H groups in total. The highest BCUT2D eigenvalue weighted by Crippen LogP contribution is 2.23. The van der Waals surface area contributed by atoms with Crippen molar-refractivity contribution in [1.82, 2.24) is 4.72 Å². The van der Waals surface area contributed by atoms with E-state index in [2.05, 4.69) is 4.72 Å². The first-order chi connectivity index (χ1) is 12.9. The molecule has 0 aliphatic carbocycles. The summed E-state index contributed by atoms with van der Waals surface area (Å²) in [5.41, 5.74) is 2.91. The Morgan fingerprint density at radius 3 is 2.52 bits per heavy atom. The van der Waals surface area contributed by atoms with Crippen LogP contribution in [0.2, 0.25) is 0 Å². The van der Waals surface area contributed by atoms with Crippen molar-refractivity contribution in [2.24, 2.45) is 0 Å². The Morgan fingerprint density at radius 2 is 1.85 bits per heavy atom. The van der Waals surface area contributed by atoms with Gasteiger partial charge in [0.05, 0.1) is 4.90 Å². The third-order valence-electron chi connectivity index (χ3n) is 4.74. The van der Waals surface area contributed by atoms with Crippen molar-refractivity contribution in [3.63, 3.8) is 0 Å². The van der Waals surface area contributed by atoms with Crippen molar-refractivity contribution in [2.45, 2.75) is 31.6 Å². The second-order valence-corrected chi connectivity index (χ2v) is 8.35. The van der Waals surface area contributed by atoms with E-state index >= 15 is 0 Å². The predicted molar refractivity (Wildman–Crippen MR) is 105 cm³/mol. The second-order valence-electron chi connectivity index (χ2n) is 6.59. The van der Waals surface area contributed by atoms with Gasteiger partial charge in [-0.15, -0.1) is 0 Å². The van der Waals surface area contributed by atoms with Gasteiger partial charge in [-0.1, -0.05) is 12.1 Å². The number of nitrogens with zero attached hydrogens (tertiary/aromatic N) is 1. The topological polar surface area (TPSA) is 75.7 Å². The average Bonchev–Trinajstić information content (AvgIpc) is 3.08. The minimum atomic E-state index is -3.62. The molecule has 0 spiro atoms. The molecular formula is C20H24N2O4S. The Morgan fingerprint density at radius 1 is 1.11 bits per heavy atom. The predicted octanol–water partition coefficient (Wildman–Crippen LogP) is 2.79. The van der Waals surface area contributed by atoms with Crippen molar-refractivity contribution in [3.05, 3.63) is 53.6 Å². The summed E-state index contributed by atoms with van der Waals surface area (Å²) in [7, 11) is -3.62. The van der Waals surface area contributed by atoms with Crippen LogP contribution in [0.3, 0.4) is 0 Å². The fourth-order valence-corrected chi connectivity index (χ4v) is 4.04. The molecule has 1 fully saturated rings. The van der Waals surface area contributed by atoms with Gasteiger partial charge in [0.15, 0.2) is 0 Å². The zero-order chi connectivity index (χ0) is 19.4. The summed E-state index contributed by atoms with van der Waals surface area (Å²) in [5.74, 6) is 0.834. The highest BCUT2D eigenvalue weighted by Gasteiger charge is 2.22. The number of benzene rings is 2. The fourth-order valence-electron chi connectivity index (χ4n) is 3.03. The Balaban J connectivity index is 1.56. The molecule has 144 valence electrons. The quantitative estimate of drug-likeness (QED) is 0.740. The number of aryl methyl sites for hydroxylation is 1. The van der Waals surface area contributed by atoms with Crippen LogP contribution in [0.1, 0.15) is 24.0 Å². The van der Waals surface area contributed by atoms with Crippen LogP contribution >= 0.6 is 0 Å². The van der Waals surface area contributed by atoms with E-state index in [9.17, 15) is 13.2 Å². The zero-order valence-electron chi connectivity index (χ0n) is 15.6. The van der Waals surface area contributed by atoms with Crippen LogP contribution in [-0.2, 0) is 14.8 Å². The summed E-state index contributed by atoms with van der Waals surface area (Å²) in [5, 5.41) is 0. The molecule has 2 aromatic rings. The molecule has 0 aromatic heterocycles. The summed E-state index contributed by atoms with van der Waals surface area (Å²) in [4.78, 5) is 13.6. The number of hydrogen-bond donors (Lipinski definition) is 1. The van der Waals surface area contributed by atoms with E-state index in [1.807, 2.05) is 32.0 Å². The molecule has 1 amide bonds. The zero-order valence-corrected chi connectivity index (χ0v) is 16.4. The Labute approximate surface area is 160 Å². The molecule has 0 saturated carbocycles. The lowest BCUT2D eigenvalue weighted by Gasteiger charge is -2.16. The summed E-state index contributed by atoms with van der Waals surface area (Å²) < 4.78 is 33.0. The second kappa shape index (κ2) is 8.10. The molecule has 0 unspecified atom stereocenters. The summed E-state index contributed by atoms with van der Waals surface area (Å²) in [6, 6.07) is 12.2. The normalized spacial score (nSPS) is 14.6. The van der Waals surface area contributed by atoms with Gasteiger partial charge in [0.1, 0.15) is 12.4 Å². The summed E-state index contributed by atoms with van der Waals surface area (Å²) in [6.45, 7) is 5.07. The molecule has 0 atom stereocenters. The van der Waals surface area contributed by atoms with Gasteiger partial charge < -0.3 is 9.64 Å². The number of anilines is 1. The van der Waals surface area contributed by atoms with Crippen LogP contribution < -0.4 is 14.4 Å².